The second-order valence-electron chi connectivity index (χ2n) is 6.95. The van der Waals surface area contributed by atoms with Crippen LogP contribution in [0.15, 0.2) is 48.7 Å². The minimum atomic E-state index is -0.216. The highest BCUT2D eigenvalue weighted by atomic mass is 16.2. The number of carbonyl (C=O) groups excluding carboxylic acids is 1. The van der Waals surface area contributed by atoms with Crippen molar-refractivity contribution in [3.8, 4) is 0 Å². The van der Waals surface area contributed by atoms with Gasteiger partial charge in [-0.1, -0.05) is 30.3 Å². The van der Waals surface area contributed by atoms with Gasteiger partial charge in [-0.05, 0) is 37.9 Å². The molecular weight excluding hydrogens is 340 g/mol. The Kier molecular flexibility index (Phi) is 5.02. The summed E-state index contributed by atoms with van der Waals surface area (Å²) in [6, 6.07) is 14.0. The predicted molar refractivity (Wildman–Crippen MR) is 104 cm³/mol. The van der Waals surface area contributed by atoms with Crippen molar-refractivity contribution in [2.24, 2.45) is 0 Å². The first-order valence-corrected chi connectivity index (χ1v) is 9.34. The van der Waals surface area contributed by atoms with Gasteiger partial charge in [0, 0.05) is 18.8 Å². The number of amides is 1. The molecule has 3 heterocycles. The van der Waals surface area contributed by atoms with Crippen LogP contribution >= 0.6 is 0 Å². The highest BCUT2D eigenvalue weighted by molar-refractivity contribution is 6.02. The average Bonchev–Trinajstić information content (AvgIpc) is 3.31. The van der Waals surface area contributed by atoms with Crippen molar-refractivity contribution in [1.29, 1.82) is 0 Å². The molecule has 0 spiro atoms. The van der Waals surface area contributed by atoms with Crippen molar-refractivity contribution in [2.75, 3.05) is 18.4 Å². The highest BCUT2D eigenvalue weighted by Gasteiger charge is 2.18. The molecule has 1 atom stereocenters. The molecule has 1 amide bonds. The zero-order valence-electron chi connectivity index (χ0n) is 15.4. The summed E-state index contributed by atoms with van der Waals surface area (Å²) in [6.45, 7) is 4.47. The fourth-order valence-electron chi connectivity index (χ4n) is 3.43. The van der Waals surface area contributed by atoms with Gasteiger partial charge in [0.2, 0.25) is 0 Å². The summed E-state index contributed by atoms with van der Waals surface area (Å²) in [5, 5.41) is 15.3. The van der Waals surface area contributed by atoms with Crippen LogP contribution in [0.1, 0.15) is 40.6 Å². The maximum Gasteiger partial charge on any atom is 0.277 e. The lowest BCUT2D eigenvalue weighted by molar-refractivity contribution is 0.102. The Hall–Kier alpha value is -2.93. The van der Waals surface area contributed by atoms with E-state index < -0.39 is 0 Å². The minimum absolute atomic E-state index is 0.216. The van der Waals surface area contributed by atoms with Crippen LogP contribution < -0.4 is 10.6 Å². The van der Waals surface area contributed by atoms with E-state index >= 15 is 0 Å². The van der Waals surface area contributed by atoms with Crippen LogP contribution in [0.3, 0.4) is 0 Å². The number of nitrogens with one attached hydrogen (secondary N) is 2. The van der Waals surface area contributed by atoms with E-state index in [0.29, 0.717) is 24.1 Å². The second kappa shape index (κ2) is 7.75. The number of hydrogen-bond donors (Lipinski definition) is 2. The van der Waals surface area contributed by atoms with Gasteiger partial charge in [-0.15, -0.1) is 0 Å². The van der Waals surface area contributed by atoms with Crippen molar-refractivity contribution in [2.45, 2.75) is 32.4 Å². The zero-order valence-corrected chi connectivity index (χ0v) is 15.4. The van der Waals surface area contributed by atoms with E-state index in [1.807, 2.05) is 58.9 Å². The predicted octanol–water partition coefficient (Wildman–Crippen LogP) is 2.61. The van der Waals surface area contributed by atoms with Gasteiger partial charge in [0.15, 0.2) is 5.69 Å². The van der Waals surface area contributed by atoms with Gasteiger partial charge in [-0.3, -0.25) is 9.48 Å². The van der Waals surface area contributed by atoms with E-state index in [2.05, 4.69) is 20.8 Å². The number of aromatic nitrogens is 4. The van der Waals surface area contributed by atoms with E-state index in [1.165, 1.54) is 0 Å². The van der Waals surface area contributed by atoms with Gasteiger partial charge in [0.1, 0.15) is 5.82 Å². The third-order valence-electron chi connectivity index (χ3n) is 4.80. The maximum atomic E-state index is 12.7. The Morgan fingerprint density at radius 1 is 1.26 bits per heavy atom. The molecule has 1 saturated heterocycles. The molecule has 1 aliphatic rings. The third-order valence-corrected chi connectivity index (χ3v) is 4.80. The van der Waals surface area contributed by atoms with Crippen molar-refractivity contribution >= 4 is 11.7 Å². The summed E-state index contributed by atoms with van der Waals surface area (Å²) in [5.74, 6) is 0.460. The van der Waals surface area contributed by atoms with Crippen LogP contribution in [0, 0.1) is 6.92 Å². The summed E-state index contributed by atoms with van der Waals surface area (Å²) >= 11 is 0. The van der Waals surface area contributed by atoms with Crippen LogP contribution in [-0.2, 0) is 6.54 Å². The van der Waals surface area contributed by atoms with E-state index in [9.17, 15) is 4.79 Å². The topological polar surface area (TPSA) is 76.8 Å². The summed E-state index contributed by atoms with van der Waals surface area (Å²) < 4.78 is 3.71. The summed E-state index contributed by atoms with van der Waals surface area (Å²) in [6.07, 6.45) is 4.10. The molecule has 3 aromatic rings. The molecule has 0 aliphatic carbocycles. The van der Waals surface area contributed by atoms with E-state index in [0.717, 1.165) is 37.2 Å². The van der Waals surface area contributed by atoms with Crippen molar-refractivity contribution < 1.29 is 4.79 Å². The van der Waals surface area contributed by atoms with E-state index in [-0.39, 0.29) is 5.91 Å². The molecular formula is C20H24N6O. The van der Waals surface area contributed by atoms with Crippen LogP contribution in [-0.4, -0.2) is 38.6 Å². The van der Waals surface area contributed by atoms with Crippen LogP contribution in [0.2, 0.25) is 0 Å². The van der Waals surface area contributed by atoms with Gasteiger partial charge in [-0.25, -0.2) is 4.68 Å². The number of anilines is 1. The summed E-state index contributed by atoms with van der Waals surface area (Å²) in [5.41, 5.74) is 2.41. The summed E-state index contributed by atoms with van der Waals surface area (Å²) in [4.78, 5) is 12.7. The Morgan fingerprint density at radius 2 is 2.11 bits per heavy atom. The molecule has 0 saturated carbocycles. The molecule has 140 valence electrons. The molecule has 4 rings (SSSR count). The van der Waals surface area contributed by atoms with Crippen LogP contribution in [0.4, 0.5) is 5.82 Å². The zero-order chi connectivity index (χ0) is 18.6. The van der Waals surface area contributed by atoms with Gasteiger partial charge in [-0.2, -0.15) is 10.2 Å². The largest absolute Gasteiger partial charge is 0.315 e. The molecule has 7 heteroatoms. The lowest BCUT2D eigenvalue weighted by atomic mass is 10.1. The Bertz CT molecular complexity index is 908. The SMILES string of the molecule is Cc1cc(NC(=O)c2ccn(C3CCCNC3)n2)n(Cc2ccccc2)n1. The normalized spacial score (nSPS) is 17.0. The van der Waals surface area contributed by atoms with Gasteiger partial charge in [0.25, 0.3) is 5.91 Å². The molecule has 1 aliphatic heterocycles. The maximum absolute atomic E-state index is 12.7. The molecule has 2 N–H and O–H groups in total. The molecule has 0 bridgehead atoms. The van der Waals surface area contributed by atoms with Gasteiger partial charge < -0.3 is 10.6 Å². The number of piperidine rings is 1. The Balaban J connectivity index is 1.47. The van der Waals surface area contributed by atoms with Gasteiger partial charge in [0.05, 0.1) is 18.3 Å². The number of aryl methyl sites for hydroxylation is 1. The smallest absolute Gasteiger partial charge is 0.277 e. The van der Waals surface area contributed by atoms with Crippen molar-refractivity contribution in [3.63, 3.8) is 0 Å². The van der Waals surface area contributed by atoms with Crippen molar-refractivity contribution in [3.05, 3.63) is 65.6 Å². The molecule has 7 nitrogen and oxygen atoms in total. The molecule has 1 fully saturated rings. The fourth-order valence-corrected chi connectivity index (χ4v) is 3.43. The number of nitrogens with zero attached hydrogens (tertiary/aromatic N) is 4. The Morgan fingerprint density at radius 3 is 2.89 bits per heavy atom. The highest BCUT2D eigenvalue weighted by Crippen LogP contribution is 2.17. The average molecular weight is 364 g/mol. The second-order valence-corrected chi connectivity index (χ2v) is 6.95. The minimum Gasteiger partial charge on any atom is -0.315 e. The fraction of sp³-hybridized carbons (Fsp3) is 0.350. The van der Waals surface area contributed by atoms with E-state index in [1.54, 1.807) is 6.07 Å². The van der Waals surface area contributed by atoms with E-state index in [4.69, 9.17) is 0 Å². The molecule has 1 unspecified atom stereocenters. The lowest BCUT2D eigenvalue weighted by Gasteiger charge is -2.22. The number of hydrogen-bond acceptors (Lipinski definition) is 4. The molecule has 1 aromatic carbocycles. The Labute approximate surface area is 158 Å². The third kappa shape index (κ3) is 4.09. The molecule has 2 aromatic heterocycles. The lowest BCUT2D eigenvalue weighted by Crippen LogP contribution is -2.32. The standard InChI is InChI=1S/C20H24N6O/c1-15-12-19(26(23-15)14-16-6-3-2-4-7-16)22-20(27)18-9-11-25(24-18)17-8-5-10-21-13-17/h2-4,6-7,9,11-12,17,21H,5,8,10,13-14H2,1H3,(H,22,27). The number of carbonyl (C=O) groups is 1. The first-order valence-electron chi connectivity index (χ1n) is 9.34. The first-order chi connectivity index (χ1) is 13.2. The van der Waals surface area contributed by atoms with Crippen molar-refractivity contribution in [1.82, 2.24) is 24.9 Å². The van der Waals surface area contributed by atoms with Crippen LogP contribution in [0.5, 0.6) is 0 Å². The van der Waals surface area contributed by atoms with Crippen LogP contribution in [0.25, 0.3) is 0 Å². The molecule has 0 radical (unpaired) electrons. The number of benzene rings is 1. The quantitative estimate of drug-likeness (QED) is 0.730. The molecule has 27 heavy (non-hydrogen) atoms. The van der Waals surface area contributed by atoms with Gasteiger partial charge >= 0.3 is 0 Å². The number of rotatable bonds is 5. The monoisotopic (exact) mass is 364 g/mol. The first kappa shape index (κ1) is 17.5. The summed E-state index contributed by atoms with van der Waals surface area (Å²) in [7, 11) is 0.